The highest BCUT2D eigenvalue weighted by atomic mass is 16.1. The van der Waals surface area contributed by atoms with E-state index >= 15 is 0 Å². The zero-order chi connectivity index (χ0) is 14.5. The summed E-state index contributed by atoms with van der Waals surface area (Å²) in [5.74, 6) is 0.463. The molecule has 1 aromatic rings. The lowest BCUT2D eigenvalue weighted by atomic mass is 10.0. The number of nitrogens with two attached hydrogens (primary N) is 1. The summed E-state index contributed by atoms with van der Waals surface area (Å²) < 4.78 is 0. The second kappa shape index (κ2) is 6.35. The molecule has 20 heavy (non-hydrogen) atoms. The lowest BCUT2D eigenvalue weighted by Gasteiger charge is -2.31. The van der Waals surface area contributed by atoms with Gasteiger partial charge in [0.05, 0.1) is 18.2 Å². The van der Waals surface area contributed by atoms with Gasteiger partial charge in [0.1, 0.15) is 5.82 Å². The standard InChI is InChI=1S/C14H19N5O/c1-10-6-11(8-15)7-14(17-10)18-12-2-4-19(5-3-12)9-13(16)20/h6-7,12H,2-5,9H2,1H3,(H2,16,20)(H,17,18). The highest BCUT2D eigenvalue weighted by Gasteiger charge is 2.20. The summed E-state index contributed by atoms with van der Waals surface area (Å²) in [7, 11) is 0. The number of pyridine rings is 1. The van der Waals surface area contributed by atoms with Crippen LogP contribution >= 0.6 is 0 Å². The Kier molecular flexibility index (Phi) is 4.53. The van der Waals surface area contributed by atoms with E-state index in [2.05, 4.69) is 21.3 Å². The van der Waals surface area contributed by atoms with Gasteiger partial charge in [0.25, 0.3) is 0 Å². The molecule has 1 fully saturated rings. The van der Waals surface area contributed by atoms with Crippen molar-refractivity contribution in [2.75, 3.05) is 25.0 Å². The summed E-state index contributed by atoms with van der Waals surface area (Å²) in [6.07, 6.45) is 1.87. The Labute approximate surface area is 118 Å². The molecule has 2 heterocycles. The molecule has 0 saturated carbocycles. The summed E-state index contributed by atoms with van der Waals surface area (Å²) >= 11 is 0. The average Bonchev–Trinajstić information content (AvgIpc) is 2.39. The number of nitriles is 1. The van der Waals surface area contributed by atoms with Gasteiger partial charge in [-0.1, -0.05) is 0 Å². The molecule has 0 bridgehead atoms. The third-order valence-corrected chi connectivity index (χ3v) is 3.40. The van der Waals surface area contributed by atoms with E-state index < -0.39 is 0 Å². The molecule has 3 N–H and O–H groups in total. The Morgan fingerprint density at radius 1 is 1.55 bits per heavy atom. The second-order valence-electron chi connectivity index (χ2n) is 5.16. The van der Waals surface area contributed by atoms with Crippen molar-refractivity contribution in [3.8, 4) is 6.07 Å². The van der Waals surface area contributed by atoms with Gasteiger partial charge in [-0.2, -0.15) is 5.26 Å². The first-order valence-corrected chi connectivity index (χ1v) is 6.73. The number of anilines is 1. The molecule has 6 nitrogen and oxygen atoms in total. The molecular formula is C14H19N5O. The molecule has 6 heteroatoms. The summed E-state index contributed by atoms with van der Waals surface area (Å²) in [4.78, 5) is 17.3. The molecular weight excluding hydrogens is 254 g/mol. The van der Waals surface area contributed by atoms with Gasteiger partial charge in [-0.3, -0.25) is 9.69 Å². The molecule has 1 aromatic heterocycles. The lowest BCUT2D eigenvalue weighted by Crippen LogP contribution is -2.43. The van der Waals surface area contributed by atoms with E-state index in [1.807, 2.05) is 6.92 Å². The monoisotopic (exact) mass is 273 g/mol. The van der Waals surface area contributed by atoms with Gasteiger partial charge in [0, 0.05) is 24.8 Å². The highest BCUT2D eigenvalue weighted by Crippen LogP contribution is 2.16. The number of carbonyl (C=O) groups excluding carboxylic acids is 1. The Bertz CT molecular complexity index is 529. The maximum absolute atomic E-state index is 10.9. The minimum Gasteiger partial charge on any atom is -0.369 e. The normalized spacial score (nSPS) is 16.6. The van der Waals surface area contributed by atoms with E-state index in [1.165, 1.54) is 0 Å². The fraction of sp³-hybridized carbons (Fsp3) is 0.500. The van der Waals surface area contributed by atoms with Gasteiger partial charge in [-0.05, 0) is 31.9 Å². The van der Waals surface area contributed by atoms with Crippen LogP contribution in [0.4, 0.5) is 5.82 Å². The van der Waals surface area contributed by atoms with Gasteiger partial charge in [-0.25, -0.2) is 4.98 Å². The molecule has 1 amide bonds. The van der Waals surface area contributed by atoms with Gasteiger partial charge in [0.15, 0.2) is 0 Å². The number of amides is 1. The third kappa shape index (κ3) is 3.93. The van der Waals surface area contributed by atoms with Gasteiger partial charge in [0.2, 0.25) is 5.91 Å². The predicted molar refractivity (Wildman–Crippen MR) is 76.0 cm³/mol. The number of hydrogen-bond acceptors (Lipinski definition) is 5. The van der Waals surface area contributed by atoms with Crippen LogP contribution in [0.3, 0.4) is 0 Å². The number of hydrogen-bond donors (Lipinski definition) is 2. The van der Waals surface area contributed by atoms with Crippen molar-refractivity contribution >= 4 is 11.7 Å². The summed E-state index contributed by atoms with van der Waals surface area (Å²) in [6, 6.07) is 5.99. The molecule has 0 radical (unpaired) electrons. The molecule has 1 aliphatic heterocycles. The topological polar surface area (TPSA) is 95.0 Å². The van der Waals surface area contributed by atoms with E-state index in [-0.39, 0.29) is 5.91 Å². The van der Waals surface area contributed by atoms with Crippen LogP contribution in [0.25, 0.3) is 0 Å². The van der Waals surface area contributed by atoms with E-state index in [9.17, 15) is 4.79 Å². The Morgan fingerprint density at radius 3 is 2.85 bits per heavy atom. The van der Waals surface area contributed by atoms with E-state index in [0.29, 0.717) is 18.2 Å². The summed E-state index contributed by atoms with van der Waals surface area (Å²) in [5.41, 5.74) is 6.64. The molecule has 0 unspecified atom stereocenters. The molecule has 0 aliphatic carbocycles. The molecule has 106 valence electrons. The Morgan fingerprint density at radius 2 is 2.25 bits per heavy atom. The average molecular weight is 273 g/mol. The van der Waals surface area contributed by atoms with Gasteiger partial charge < -0.3 is 11.1 Å². The molecule has 1 aliphatic rings. The first-order valence-electron chi connectivity index (χ1n) is 6.73. The number of piperidine rings is 1. The van der Waals surface area contributed by atoms with Crippen molar-refractivity contribution in [2.45, 2.75) is 25.8 Å². The van der Waals surface area contributed by atoms with Crippen LogP contribution in [0.5, 0.6) is 0 Å². The number of rotatable bonds is 4. The highest BCUT2D eigenvalue weighted by molar-refractivity contribution is 5.75. The van der Waals surface area contributed by atoms with Crippen LogP contribution in [0.1, 0.15) is 24.1 Å². The minimum absolute atomic E-state index is 0.282. The Balaban J connectivity index is 1.91. The smallest absolute Gasteiger partial charge is 0.231 e. The van der Waals surface area contributed by atoms with Crippen LogP contribution in [0.2, 0.25) is 0 Å². The van der Waals surface area contributed by atoms with Crippen molar-refractivity contribution in [2.24, 2.45) is 5.73 Å². The largest absolute Gasteiger partial charge is 0.369 e. The van der Waals surface area contributed by atoms with Crippen LogP contribution in [-0.4, -0.2) is 41.5 Å². The number of primary amides is 1. The number of aromatic nitrogens is 1. The minimum atomic E-state index is -0.282. The fourth-order valence-corrected chi connectivity index (χ4v) is 2.47. The van der Waals surface area contributed by atoms with Crippen LogP contribution in [0, 0.1) is 18.3 Å². The van der Waals surface area contributed by atoms with Crippen molar-refractivity contribution in [3.05, 3.63) is 23.4 Å². The SMILES string of the molecule is Cc1cc(C#N)cc(NC2CCN(CC(N)=O)CC2)n1. The number of carbonyl (C=O) groups is 1. The number of aryl methyl sites for hydroxylation is 1. The van der Waals surface area contributed by atoms with Crippen molar-refractivity contribution in [3.63, 3.8) is 0 Å². The molecule has 0 aromatic carbocycles. The number of likely N-dealkylation sites (tertiary alicyclic amines) is 1. The zero-order valence-corrected chi connectivity index (χ0v) is 11.6. The van der Waals surface area contributed by atoms with E-state index in [4.69, 9.17) is 11.0 Å². The van der Waals surface area contributed by atoms with E-state index in [1.54, 1.807) is 12.1 Å². The predicted octanol–water partition coefficient (Wildman–Crippen LogP) is 0.623. The molecule has 2 rings (SSSR count). The number of nitrogens with zero attached hydrogens (tertiary/aromatic N) is 3. The van der Waals surface area contributed by atoms with E-state index in [0.717, 1.165) is 37.4 Å². The van der Waals surface area contributed by atoms with Crippen molar-refractivity contribution in [1.82, 2.24) is 9.88 Å². The lowest BCUT2D eigenvalue weighted by molar-refractivity contribution is -0.119. The van der Waals surface area contributed by atoms with Crippen LogP contribution in [0.15, 0.2) is 12.1 Å². The maximum Gasteiger partial charge on any atom is 0.231 e. The van der Waals surface area contributed by atoms with Gasteiger partial charge in [-0.15, -0.1) is 0 Å². The second-order valence-corrected chi connectivity index (χ2v) is 5.16. The zero-order valence-electron chi connectivity index (χ0n) is 11.6. The van der Waals surface area contributed by atoms with Crippen LogP contribution < -0.4 is 11.1 Å². The summed E-state index contributed by atoms with van der Waals surface area (Å²) in [5, 5.41) is 12.3. The van der Waals surface area contributed by atoms with Gasteiger partial charge >= 0.3 is 0 Å². The van der Waals surface area contributed by atoms with Crippen LogP contribution in [-0.2, 0) is 4.79 Å². The fourth-order valence-electron chi connectivity index (χ4n) is 2.47. The molecule has 0 spiro atoms. The third-order valence-electron chi connectivity index (χ3n) is 3.40. The Hall–Kier alpha value is -2.13. The van der Waals surface area contributed by atoms with Crippen molar-refractivity contribution < 1.29 is 4.79 Å². The quantitative estimate of drug-likeness (QED) is 0.838. The molecule has 0 atom stereocenters. The van der Waals surface area contributed by atoms with Crippen molar-refractivity contribution in [1.29, 1.82) is 5.26 Å². The molecule has 1 saturated heterocycles. The first kappa shape index (κ1) is 14.3. The number of nitrogens with one attached hydrogen (secondary N) is 1. The summed E-state index contributed by atoms with van der Waals surface area (Å²) in [6.45, 7) is 3.89. The first-order chi connectivity index (χ1) is 9.56. The maximum atomic E-state index is 10.9.